The van der Waals surface area contributed by atoms with Crippen LogP contribution < -0.4 is 0 Å². The maximum absolute atomic E-state index is 11.8. The van der Waals surface area contributed by atoms with Crippen molar-refractivity contribution in [3.05, 3.63) is 65.8 Å². The Bertz CT molecular complexity index is 609. The standard InChI is InChI=1S/C18H18O3/c1-3-7-15-13(2)17(12-16(15)19)21-18(20)11-10-14-8-5-4-6-9-14/h3-6,8-11,17H,1,7,12H2,2H3/b11-10+. The molecule has 0 spiro atoms. The molecule has 0 aromatic heterocycles. The molecule has 0 heterocycles. The normalized spacial score (nSPS) is 18.3. The number of hydrogen-bond donors (Lipinski definition) is 0. The molecular formula is C18H18O3. The molecule has 1 unspecified atom stereocenters. The summed E-state index contributed by atoms with van der Waals surface area (Å²) in [5.74, 6) is -0.395. The summed E-state index contributed by atoms with van der Waals surface area (Å²) in [5, 5.41) is 0. The molecule has 0 fully saturated rings. The van der Waals surface area contributed by atoms with Gasteiger partial charge in [0, 0.05) is 11.6 Å². The number of benzene rings is 1. The van der Waals surface area contributed by atoms with Crippen LogP contribution in [-0.4, -0.2) is 17.9 Å². The van der Waals surface area contributed by atoms with E-state index in [-0.39, 0.29) is 12.2 Å². The van der Waals surface area contributed by atoms with Gasteiger partial charge in [-0.05, 0) is 30.6 Å². The Balaban J connectivity index is 1.99. The molecule has 0 N–H and O–H groups in total. The zero-order valence-corrected chi connectivity index (χ0v) is 12.0. The fraction of sp³-hybridized carbons (Fsp3) is 0.222. The van der Waals surface area contributed by atoms with Crippen molar-refractivity contribution in [2.75, 3.05) is 0 Å². The van der Waals surface area contributed by atoms with E-state index in [4.69, 9.17) is 4.74 Å². The lowest BCUT2D eigenvalue weighted by Gasteiger charge is -2.11. The molecule has 1 aliphatic rings. The first-order valence-electron chi connectivity index (χ1n) is 6.89. The quantitative estimate of drug-likeness (QED) is 0.472. The lowest BCUT2D eigenvalue weighted by atomic mass is 10.1. The van der Waals surface area contributed by atoms with Crippen molar-refractivity contribution in [1.82, 2.24) is 0 Å². The van der Waals surface area contributed by atoms with Gasteiger partial charge >= 0.3 is 5.97 Å². The predicted octanol–water partition coefficient (Wildman–Crippen LogP) is 3.48. The Hall–Kier alpha value is -2.42. The Kier molecular flexibility index (Phi) is 4.88. The van der Waals surface area contributed by atoms with Crippen LogP contribution in [0.2, 0.25) is 0 Å². The molecule has 1 aromatic carbocycles. The highest BCUT2D eigenvalue weighted by molar-refractivity contribution is 6.00. The molecule has 3 nitrogen and oxygen atoms in total. The maximum Gasteiger partial charge on any atom is 0.331 e. The molecule has 0 aliphatic heterocycles. The van der Waals surface area contributed by atoms with Gasteiger partial charge in [0.25, 0.3) is 0 Å². The van der Waals surface area contributed by atoms with Crippen molar-refractivity contribution < 1.29 is 14.3 Å². The number of carbonyl (C=O) groups is 2. The highest BCUT2D eigenvalue weighted by Gasteiger charge is 2.30. The summed E-state index contributed by atoms with van der Waals surface area (Å²) in [6, 6.07) is 9.51. The van der Waals surface area contributed by atoms with Crippen LogP contribution in [0.5, 0.6) is 0 Å². The highest BCUT2D eigenvalue weighted by Crippen LogP contribution is 2.28. The smallest absolute Gasteiger partial charge is 0.331 e. The average Bonchev–Trinajstić information content (AvgIpc) is 2.74. The van der Waals surface area contributed by atoms with E-state index in [9.17, 15) is 9.59 Å². The molecule has 1 aliphatic carbocycles. The molecule has 0 saturated heterocycles. The van der Waals surface area contributed by atoms with Gasteiger partial charge in [-0.1, -0.05) is 36.4 Å². The van der Waals surface area contributed by atoms with Gasteiger partial charge < -0.3 is 4.74 Å². The molecule has 0 saturated carbocycles. The summed E-state index contributed by atoms with van der Waals surface area (Å²) in [4.78, 5) is 23.7. The van der Waals surface area contributed by atoms with Gasteiger partial charge in [0.15, 0.2) is 5.78 Å². The highest BCUT2D eigenvalue weighted by atomic mass is 16.5. The number of ketones is 1. The molecule has 108 valence electrons. The fourth-order valence-corrected chi connectivity index (χ4v) is 2.32. The number of ether oxygens (including phenoxy) is 1. The first kappa shape index (κ1) is 15.0. The summed E-state index contributed by atoms with van der Waals surface area (Å²) in [6.45, 7) is 5.47. The van der Waals surface area contributed by atoms with Crippen LogP contribution in [-0.2, 0) is 14.3 Å². The van der Waals surface area contributed by atoms with E-state index in [0.717, 1.165) is 16.7 Å². The summed E-state index contributed by atoms with van der Waals surface area (Å²) in [7, 11) is 0. The van der Waals surface area contributed by atoms with Crippen LogP contribution in [0.1, 0.15) is 25.3 Å². The second-order valence-corrected chi connectivity index (χ2v) is 4.95. The van der Waals surface area contributed by atoms with Crippen molar-refractivity contribution in [3.8, 4) is 0 Å². The van der Waals surface area contributed by atoms with Crippen LogP contribution in [0.15, 0.2) is 60.2 Å². The largest absolute Gasteiger partial charge is 0.454 e. The van der Waals surface area contributed by atoms with E-state index in [1.807, 2.05) is 37.3 Å². The Morgan fingerprint density at radius 2 is 2.10 bits per heavy atom. The van der Waals surface area contributed by atoms with Crippen molar-refractivity contribution in [2.24, 2.45) is 0 Å². The molecule has 3 heteroatoms. The van der Waals surface area contributed by atoms with Gasteiger partial charge in [0.05, 0.1) is 6.42 Å². The minimum Gasteiger partial charge on any atom is -0.454 e. The number of esters is 1. The summed E-state index contributed by atoms with van der Waals surface area (Å²) in [6.07, 6.45) is 5.09. The van der Waals surface area contributed by atoms with Gasteiger partial charge in [0.1, 0.15) is 6.10 Å². The summed E-state index contributed by atoms with van der Waals surface area (Å²) in [5.41, 5.74) is 2.48. The van der Waals surface area contributed by atoms with Crippen LogP contribution in [0.3, 0.4) is 0 Å². The lowest BCUT2D eigenvalue weighted by molar-refractivity contribution is -0.141. The summed E-state index contributed by atoms with van der Waals surface area (Å²) < 4.78 is 5.35. The van der Waals surface area contributed by atoms with E-state index in [1.54, 1.807) is 12.2 Å². The maximum atomic E-state index is 11.8. The van der Waals surface area contributed by atoms with Crippen LogP contribution in [0, 0.1) is 0 Å². The van der Waals surface area contributed by atoms with Crippen molar-refractivity contribution in [2.45, 2.75) is 25.9 Å². The average molecular weight is 282 g/mol. The van der Waals surface area contributed by atoms with Crippen molar-refractivity contribution in [1.29, 1.82) is 0 Å². The molecule has 0 bridgehead atoms. The molecule has 1 aromatic rings. The third kappa shape index (κ3) is 3.78. The van der Waals surface area contributed by atoms with Crippen LogP contribution >= 0.6 is 0 Å². The zero-order chi connectivity index (χ0) is 15.2. The van der Waals surface area contributed by atoms with Crippen LogP contribution in [0.25, 0.3) is 6.08 Å². The molecular weight excluding hydrogens is 264 g/mol. The second kappa shape index (κ2) is 6.84. The predicted molar refractivity (Wildman–Crippen MR) is 82.5 cm³/mol. The molecule has 0 amide bonds. The first-order valence-corrected chi connectivity index (χ1v) is 6.89. The third-order valence-electron chi connectivity index (χ3n) is 3.48. The molecule has 0 radical (unpaired) electrons. The monoisotopic (exact) mass is 282 g/mol. The van der Waals surface area contributed by atoms with Crippen LogP contribution in [0.4, 0.5) is 0 Å². The van der Waals surface area contributed by atoms with Crippen molar-refractivity contribution >= 4 is 17.8 Å². The van der Waals surface area contributed by atoms with E-state index >= 15 is 0 Å². The lowest BCUT2D eigenvalue weighted by Crippen LogP contribution is -2.16. The molecule has 2 rings (SSSR count). The van der Waals surface area contributed by atoms with Gasteiger partial charge in [0.2, 0.25) is 0 Å². The number of Topliss-reactive ketones (excluding diaryl/α,β-unsaturated/α-hetero) is 1. The Morgan fingerprint density at radius 3 is 2.76 bits per heavy atom. The molecule has 1 atom stereocenters. The Labute approximate surface area is 124 Å². The van der Waals surface area contributed by atoms with Gasteiger partial charge in [-0.3, -0.25) is 4.79 Å². The minimum atomic E-state index is -0.444. The second-order valence-electron chi connectivity index (χ2n) is 4.95. The molecule has 21 heavy (non-hydrogen) atoms. The van der Waals surface area contributed by atoms with Gasteiger partial charge in [-0.15, -0.1) is 6.58 Å². The van der Waals surface area contributed by atoms with Gasteiger partial charge in [-0.2, -0.15) is 0 Å². The van der Waals surface area contributed by atoms with E-state index < -0.39 is 12.1 Å². The fourth-order valence-electron chi connectivity index (χ4n) is 2.32. The number of allylic oxidation sites excluding steroid dienone is 2. The zero-order valence-electron chi connectivity index (χ0n) is 12.0. The SMILES string of the molecule is C=CCC1=C(C)C(OC(=O)/C=C/c2ccccc2)CC1=O. The van der Waals surface area contributed by atoms with Crippen molar-refractivity contribution in [3.63, 3.8) is 0 Å². The number of rotatable bonds is 5. The number of hydrogen-bond acceptors (Lipinski definition) is 3. The van der Waals surface area contributed by atoms with E-state index in [2.05, 4.69) is 6.58 Å². The van der Waals surface area contributed by atoms with E-state index in [1.165, 1.54) is 6.08 Å². The topological polar surface area (TPSA) is 43.4 Å². The van der Waals surface area contributed by atoms with E-state index in [0.29, 0.717) is 6.42 Å². The number of carbonyl (C=O) groups excluding carboxylic acids is 2. The Morgan fingerprint density at radius 1 is 1.38 bits per heavy atom. The minimum absolute atomic E-state index is 0.0391. The first-order chi connectivity index (χ1) is 10.1. The van der Waals surface area contributed by atoms with Gasteiger partial charge in [-0.25, -0.2) is 4.79 Å². The third-order valence-corrected chi connectivity index (χ3v) is 3.48. The summed E-state index contributed by atoms with van der Waals surface area (Å²) >= 11 is 0.